The number of rotatable bonds is 5. The van der Waals surface area contributed by atoms with Crippen LogP contribution in [0, 0.1) is 5.92 Å². The van der Waals surface area contributed by atoms with Gasteiger partial charge in [-0.25, -0.2) is 0 Å². The van der Waals surface area contributed by atoms with Gasteiger partial charge in [0, 0.05) is 6.61 Å². The van der Waals surface area contributed by atoms with Gasteiger partial charge >= 0.3 is 0 Å². The lowest BCUT2D eigenvalue weighted by Crippen LogP contribution is -2.11. The van der Waals surface area contributed by atoms with Crippen molar-refractivity contribution in [1.29, 1.82) is 0 Å². The Morgan fingerprint density at radius 2 is 1.44 bits per heavy atom. The second-order valence-electron chi connectivity index (χ2n) is 6.90. The third kappa shape index (κ3) is 4.43. The second-order valence-corrected chi connectivity index (χ2v) is 6.90. The maximum atomic E-state index is 9.62. The van der Waals surface area contributed by atoms with Gasteiger partial charge in [-0.05, 0) is 85.4 Å². The van der Waals surface area contributed by atoms with Gasteiger partial charge in [0.25, 0.3) is 0 Å². The minimum atomic E-state index is 0.262. The zero-order valence-corrected chi connectivity index (χ0v) is 14.5. The van der Waals surface area contributed by atoms with Gasteiger partial charge < -0.3 is 15.3 Å². The lowest BCUT2D eigenvalue weighted by molar-refractivity contribution is 0.263. The van der Waals surface area contributed by atoms with Crippen LogP contribution in [-0.2, 0) is 0 Å². The van der Waals surface area contributed by atoms with E-state index in [2.05, 4.69) is 0 Å². The zero-order chi connectivity index (χ0) is 17.6. The molecule has 0 heterocycles. The van der Waals surface area contributed by atoms with E-state index in [4.69, 9.17) is 5.11 Å². The predicted molar refractivity (Wildman–Crippen MR) is 101 cm³/mol. The summed E-state index contributed by atoms with van der Waals surface area (Å²) in [4.78, 5) is 0. The van der Waals surface area contributed by atoms with E-state index in [0.717, 1.165) is 36.8 Å². The Kier molecular flexibility index (Phi) is 5.77. The van der Waals surface area contributed by atoms with Gasteiger partial charge in [0.2, 0.25) is 0 Å². The van der Waals surface area contributed by atoms with Crippen LogP contribution in [0.4, 0.5) is 0 Å². The Labute approximate surface area is 149 Å². The van der Waals surface area contributed by atoms with Crippen LogP contribution in [0.15, 0.2) is 54.1 Å². The summed E-state index contributed by atoms with van der Waals surface area (Å²) in [5.74, 6) is 1.16. The van der Waals surface area contributed by atoms with Crippen LogP contribution in [0.3, 0.4) is 0 Å². The first-order chi connectivity index (χ1) is 12.2. The highest BCUT2D eigenvalue weighted by Crippen LogP contribution is 2.39. The van der Waals surface area contributed by atoms with Crippen molar-refractivity contribution >= 4 is 5.57 Å². The molecule has 0 aromatic heterocycles. The first-order valence-electron chi connectivity index (χ1n) is 9.09. The van der Waals surface area contributed by atoms with Crippen molar-refractivity contribution in [2.24, 2.45) is 5.92 Å². The number of aliphatic hydroxyl groups excluding tert-OH is 1. The van der Waals surface area contributed by atoms with Gasteiger partial charge in [0.15, 0.2) is 0 Å². The molecule has 0 amide bonds. The van der Waals surface area contributed by atoms with Crippen LogP contribution in [0.1, 0.15) is 49.7 Å². The van der Waals surface area contributed by atoms with Crippen molar-refractivity contribution in [2.45, 2.75) is 38.5 Å². The highest BCUT2D eigenvalue weighted by Gasteiger charge is 2.21. The maximum Gasteiger partial charge on any atom is 0.115 e. The predicted octanol–water partition coefficient (Wildman–Crippen LogP) is 4.86. The van der Waals surface area contributed by atoms with Gasteiger partial charge in [-0.3, -0.25) is 0 Å². The van der Waals surface area contributed by atoms with E-state index in [9.17, 15) is 10.2 Å². The van der Waals surface area contributed by atoms with Crippen LogP contribution < -0.4 is 0 Å². The minimum Gasteiger partial charge on any atom is -0.508 e. The fraction of sp³-hybridized carbons (Fsp3) is 0.364. The molecule has 0 aliphatic heterocycles. The first kappa shape index (κ1) is 17.6. The molecule has 1 unspecified atom stereocenters. The first-order valence-corrected chi connectivity index (χ1v) is 9.09. The van der Waals surface area contributed by atoms with E-state index in [1.807, 2.05) is 24.3 Å². The molecule has 0 radical (unpaired) electrons. The lowest BCUT2D eigenvalue weighted by atomic mass is 9.78. The van der Waals surface area contributed by atoms with Crippen LogP contribution >= 0.6 is 0 Å². The van der Waals surface area contributed by atoms with Gasteiger partial charge in [-0.2, -0.15) is 0 Å². The Hall–Kier alpha value is -2.26. The number of aromatic hydroxyl groups is 2. The van der Waals surface area contributed by atoms with E-state index in [1.165, 1.54) is 24.0 Å². The molecule has 1 fully saturated rings. The largest absolute Gasteiger partial charge is 0.508 e. The molecule has 25 heavy (non-hydrogen) atoms. The molecule has 1 aliphatic rings. The van der Waals surface area contributed by atoms with Crippen LogP contribution in [0.2, 0.25) is 0 Å². The monoisotopic (exact) mass is 338 g/mol. The van der Waals surface area contributed by atoms with E-state index >= 15 is 0 Å². The number of allylic oxidation sites excluding steroid dienone is 1. The Morgan fingerprint density at radius 3 is 1.96 bits per heavy atom. The number of benzene rings is 2. The zero-order valence-electron chi connectivity index (χ0n) is 14.5. The summed E-state index contributed by atoms with van der Waals surface area (Å²) in [6.07, 6.45) is 6.46. The van der Waals surface area contributed by atoms with E-state index in [0.29, 0.717) is 5.92 Å². The molecule has 0 spiro atoms. The third-order valence-corrected chi connectivity index (χ3v) is 5.06. The van der Waals surface area contributed by atoms with Gasteiger partial charge in [-0.1, -0.05) is 29.8 Å². The molecule has 3 rings (SSSR count). The molecular formula is C22H26O3. The number of phenols is 2. The Bertz CT molecular complexity index is 666. The molecule has 2 aromatic carbocycles. The summed E-state index contributed by atoms with van der Waals surface area (Å²) in [6.45, 7) is 0.262. The average Bonchev–Trinajstić information content (AvgIpc) is 2.64. The highest BCUT2D eigenvalue weighted by molar-refractivity contribution is 5.82. The summed E-state index contributed by atoms with van der Waals surface area (Å²) in [7, 11) is 0. The minimum absolute atomic E-state index is 0.262. The van der Waals surface area contributed by atoms with Crippen molar-refractivity contribution in [3.8, 4) is 11.5 Å². The summed E-state index contributed by atoms with van der Waals surface area (Å²) in [5.41, 5.74) is 4.85. The van der Waals surface area contributed by atoms with E-state index < -0.39 is 0 Å². The number of phenolic OH excluding ortho intramolecular Hbond substituents is 2. The standard InChI is InChI=1S/C22H26O3/c23-14-2-4-16-3-1-5-19(15-16)22(17-6-10-20(24)11-7-17)18-8-12-21(25)13-9-18/h6-13,16,23-25H,1-5,14-15H2. The van der Waals surface area contributed by atoms with Gasteiger partial charge in [0.1, 0.15) is 11.5 Å². The topological polar surface area (TPSA) is 60.7 Å². The maximum absolute atomic E-state index is 9.62. The van der Waals surface area contributed by atoms with Gasteiger partial charge in [-0.15, -0.1) is 0 Å². The van der Waals surface area contributed by atoms with Crippen molar-refractivity contribution in [3.05, 3.63) is 65.2 Å². The van der Waals surface area contributed by atoms with Crippen molar-refractivity contribution in [2.75, 3.05) is 6.61 Å². The second kappa shape index (κ2) is 8.21. The van der Waals surface area contributed by atoms with Crippen molar-refractivity contribution < 1.29 is 15.3 Å². The quantitative estimate of drug-likeness (QED) is 0.729. The molecule has 0 saturated heterocycles. The van der Waals surface area contributed by atoms with Crippen molar-refractivity contribution in [3.63, 3.8) is 0 Å². The summed E-state index contributed by atoms with van der Waals surface area (Å²) in [5, 5.41) is 28.4. The molecule has 0 bridgehead atoms. The fourth-order valence-corrected chi connectivity index (χ4v) is 3.84. The molecule has 1 saturated carbocycles. The smallest absolute Gasteiger partial charge is 0.115 e. The van der Waals surface area contributed by atoms with Gasteiger partial charge in [0.05, 0.1) is 0 Å². The molecule has 2 aromatic rings. The van der Waals surface area contributed by atoms with Crippen LogP contribution in [0.5, 0.6) is 11.5 Å². The van der Waals surface area contributed by atoms with Crippen LogP contribution in [-0.4, -0.2) is 21.9 Å². The molecule has 1 atom stereocenters. The number of hydrogen-bond donors (Lipinski definition) is 3. The molecule has 132 valence electrons. The summed E-state index contributed by atoms with van der Waals surface area (Å²) in [6, 6.07) is 14.7. The molecule has 3 N–H and O–H groups in total. The van der Waals surface area contributed by atoms with E-state index in [1.54, 1.807) is 24.3 Å². The molecular weight excluding hydrogens is 312 g/mol. The lowest BCUT2D eigenvalue weighted by Gasteiger charge is -2.27. The Morgan fingerprint density at radius 1 is 0.880 bits per heavy atom. The summed E-state index contributed by atoms with van der Waals surface area (Å²) < 4.78 is 0. The fourth-order valence-electron chi connectivity index (χ4n) is 3.84. The van der Waals surface area contributed by atoms with Crippen molar-refractivity contribution in [1.82, 2.24) is 0 Å². The SMILES string of the molecule is OCCCC1CCCC(=C(c2ccc(O)cc2)c2ccc(O)cc2)C1. The normalized spacial score (nSPS) is 17.5. The number of hydrogen-bond acceptors (Lipinski definition) is 3. The average molecular weight is 338 g/mol. The van der Waals surface area contributed by atoms with E-state index in [-0.39, 0.29) is 18.1 Å². The number of aliphatic hydroxyl groups is 1. The Balaban J connectivity index is 2.00. The highest BCUT2D eigenvalue weighted by atomic mass is 16.3. The molecule has 3 nitrogen and oxygen atoms in total. The third-order valence-electron chi connectivity index (χ3n) is 5.06. The molecule has 3 heteroatoms. The summed E-state index contributed by atoms with van der Waals surface area (Å²) >= 11 is 0. The van der Waals surface area contributed by atoms with Crippen LogP contribution in [0.25, 0.3) is 5.57 Å². The molecule has 1 aliphatic carbocycles.